The van der Waals surface area contributed by atoms with Crippen molar-refractivity contribution in [2.75, 3.05) is 20.7 Å². The van der Waals surface area contributed by atoms with Crippen molar-refractivity contribution in [1.82, 2.24) is 5.32 Å². The second kappa shape index (κ2) is 6.60. The normalized spacial score (nSPS) is 16.6. The first-order chi connectivity index (χ1) is 9.19. The van der Waals surface area contributed by atoms with Crippen molar-refractivity contribution in [1.29, 1.82) is 0 Å². The molecule has 0 aromatic heterocycles. The molecule has 106 valence electrons. The first-order valence-electron chi connectivity index (χ1n) is 6.89. The number of aryl methyl sites for hydroxylation is 1. The van der Waals surface area contributed by atoms with Crippen LogP contribution in [0.3, 0.4) is 0 Å². The Morgan fingerprint density at radius 2 is 2.11 bits per heavy atom. The highest BCUT2D eigenvalue weighted by molar-refractivity contribution is 6.32. The van der Waals surface area contributed by atoms with Gasteiger partial charge in [-0.05, 0) is 49.9 Å². The average Bonchev–Trinajstić information content (AvgIpc) is 2.62. The molecule has 2 rings (SSSR count). The highest BCUT2D eigenvalue weighted by Gasteiger charge is 2.24. The minimum Gasteiger partial charge on any atom is -0.495 e. The number of benzene rings is 1. The van der Waals surface area contributed by atoms with Crippen molar-refractivity contribution in [2.24, 2.45) is 0 Å². The minimum absolute atomic E-state index is 0.503. The molecule has 1 unspecified atom stereocenters. The molecule has 1 aliphatic rings. The first-order valence-corrected chi connectivity index (χ1v) is 7.27. The molecule has 4 heteroatoms. The van der Waals surface area contributed by atoms with Crippen LogP contribution in [-0.4, -0.2) is 25.8 Å². The smallest absolute Gasteiger partial charge is 0.143 e. The third kappa shape index (κ3) is 3.04. The zero-order valence-corrected chi connectivity index (χ0v) is 12.4. The predicted molar refractivity (Wildman–Crippen MR) is 78.1 cm³/mol. The third-order valence-electron chi connectivity index (χ3n) is 3.78. The fourth-order valence-corrected chi connectivity index (χ4v) is 3.22. The van der Waals surface area contributed by atoms with Crippen molar-refractivity contribution in [3.8, 4) is 5.75 Å². The van der Waals surface area contributed by atoms with Crippen LogP contribution in [0.4, 0.5) is 0 Å². The summed E-state index contributed by atoms with van der Waals surface area (Å²) in [6.45, 7) is 0.503. The number of halogens is 1. The van der Waals surface area contributed by atoms with Crippen LogP contribution in [0.1, 0.15) is 42.1 Å². The summed E-state index contributed by atoms with van der Waals surface area (Å²) in [5.41, 5.74) is 3.39. The van der Waals surface area contributed by atoms with Crippen LogP contribution in [0.15, 0.2) is 6.07 Å². The van der Waals surface area contributed by atoms with Gasteiger partial charge in [0.15, 0.2) is 0 Å². The monoisotopic (exact) mass is 283 g/mol. The van der Waals surface area contributed by atoms with Gasteiger partial charge in [-0.25, -0.2) is 0 Å². The Balaban J connectivity index is 2.54. The molecule has 0 amide bonds. The lowest BCUT2D eigenvalue weighted by Gasteiger charge is -2.22. The molecule has 0 spiro atoms. The summed E-state index contributed by atoms with van der Waals surface area (Å²) in [7, 11) is 3.44. The van der Waals surface area contributed by atoms with Gasteiger partial charge in [0.25, 0.3) is 0 Å². The standard InChI is InChI=1S/C15H22ClNO2/c1-17-9-13(18)14-11-7-5-3-4-6-10(11)8-12(16)15(14)19-2/h8,13,17-18H,3-7,9H2,1-2H3. The lowest BCUT2D eigenvalue weighted by Crippen LogP contribution is -2.19. The van der Waals surface area contributed by atoms with Crippen LogP contribution >= 0.6 is 11.6 Å². The van der Waals surface area contributed by atoms with Gasteiger partial charge in [0.2, 0.25) is 0 Å². The largest absolute Gasteiger partial charge is 0.495 e. The number of hydrogen-bond donors (Lipinski definition) is 2. The van der Waals surface area contributed by atoms with Gasteiger partial charge in [-0.3, -0.25) is 0 Å². The van der Waals surface area contributed by atoms with Crippen LogP contribution in [0.25, 0.3) is 0 Å². The summed E-state index contributed by atoms with van der Waals surface area (Å²) in [6.07, 6.45) is 5.05. The van der Waals surface area contributed by atoms with Crippen molar-refractivity contribution >= 4 is 11.6 Å². The van der Waals surface area contributed by atoms with Crippen molar-refractivity contribution in [2.45, 2.75) is 38.2 Å². The molecule has 1 atom stereocenters. The Morgan fingerprint density at radius 3 is 2.79 bits per heavy atom. The van der Waals surface area contributed by atoms with E-state index in [1.54, 1.807) is 7.11 Å². The van der Waals surface area contributed by atoms with E-state index in [0.717, 1.165) is 24.8 Å². The van der Waals surface area contributed by atoms with E-state index in [-0.39, 0.29) is 0 Å². The Labute approximate surface area is 119 Å². The Morgan fingerprint density at radius 1 is 1.37 bits per heavy atom. The van der Waals surface area contributed by atoms with Crippen LogP contribution in [0, 0.1) is 0 Å². The number of fused-ring (bicyclic) bond motifs is 1. The number of hydrogen-bond acceptors (Lipinski definition) is 3. The zero-order valence-electron chi connectivity index (χ0n) is 11.6. The van der Waals surface area contributed by atoms with E-state index in [0.29, 0.717) is 17.3 Å². The Bertz CT molecular complexity index is 448. The highest BCUT2D eigenvalue weighted by atomic mass is 35.5. The molecule has 1 aromatic rings. The maximum atomic E-state index is 10.4. The van der Waals surface area contributed by atoms with E-state index in [9.17, 15) is 5.11 Å². The second-order valence-electron chi connectivity index (χ2n) is 5.08. The molecule has 0 bridgehead atoms. The van der Waals surface area contributed by atoms with Crippen molar-refractivity contribution < 1.29 is 9.84 Å². The van der Waals surface area contributed by atoms with Gasteiger partial charge in [-0.2, -0.15) is 0 Å². The number of rotatable bonds is 4. The SMILES string of the molecule is CNCC(O)c1c2c(cc(Cl)c1OC)CCCCC2. The van der Waals surface area contributed by atoms with Gasteiger partial charge in [0.1, 0.15) is 5.75 Å². The van der Waals surface area contributed by atoms with E-state index in [4.69, 9.17) is 16.3 Å². The van der Waals surface area contributed by atoms with E-state index in [1.807, 2.05) is 13.1 Å². The van der Waals surface area contributed by atoms with Gasteiger partial charge in [-0.1, -0.05) is 18.0 Å². The number of ether oxygens (including phenoxy) is 1. The summed E-state index contributed by atoms with van der Waals surface area (Å²) in [5.74, 6) is 0.630. The lowest BCUT2D eigenvalue weighted by atomic mass is 9.92. The van der Waals surface area contributed by atoms with E-state index < -0.39 is 6.10 Å². The molecule has 1 aromatic carbocycles. The number of aliphatic hydroxyl groups is 1. The molecule has 0 fully saturated rings. The van der Waals surface area contributed by atoms with Gasteiger partial charge >= 0.3 is 0 Å². The maximum Gasteiger partial charge on any atom is 0.143 e. The van der Waals surface area contributed by atoms with E-state index >= 15 is 0 Å². The lowest BCUT2D eigenvalue weighted by molar-refractivity contribution is 0.172. The molecule has 0 heterocycles. The molecule has 0 saturated heterocycles. The molecular formula is C15H22ClNO2. The molecule has 1 aliphatic carbocycles. The average molecular weight is 284 g/mol. The fourth-order valence-electron chi connectivity index (χ4n) is 2.91. The van der Waals surface area contributed by atoms with Gasteiger partial charge in [-0.15, -0.1) is 0 Å². The summed E-state index contributed by atoms with van der Waals surface area (Å²) in [4.78, 5) is 0. The molecule has 0 radical (unpaired) electrons. The van der Waals surface area contributed by atoms with Crippen LogP contribution in [0.5, 0.6) is 5.75 Å². The molecule has 0 saturated carbocycles. The van der Waals surface area contributed by atoms with Crippen LogP contribution < -0.4 is 10.1 Å². The minimum atomic E-state index is -0.578. The number of nitrogens with one attached hydrogen (secondary N) is 1. The molecule has 2 N–H and O–H groups in total. The molecule has 0 aliphatic heterocycles. The van der Waals surface area contributed by atoms with Crippen LogP contribution in [0.2, 0.25) is 5.02 Å². The maximum absolute atomic E-state index is 10.4. The quantitative estimate of drug-likeness (QED) is 0.835. The van der Waals surface area contributed by atoms with Gasteiger partial charge in [0, 0.05) is 12.1 Å². The Hall–Kier alpha value is -0.770. The summed E-state index contributed by atoms with van der Waals surface area (Å²) in [6, 6.07) is 2.01. The van der Waals surface area contributed by atoms with Crippen molar-refractivity contribution in [3.05, 3.63) is 27.8 Å². The van der Waals surface area contributed by atoms with E-state index in [1.165, 1.54) is 24.0 Å². The van der Waals surface area contributed by atoms with Crippen LogP contribution in [-0.2, 0) is 12.8 Å². The van der Waals surface area contributed by atoms with Crippen molar-refractivity contribution in [3.63, 3.8) is 0 Å². The molecular weight excluding hydrogens is 262 g/mol. The second-order valence-corrected chi connectivity index (χ2v) is 5.48. The zero-order chi connectivity index (χ0) is 13.8. The summed E-state index contributed by atoms with van der Waals surface area (Å²) < 4.78 is 5.43. The molecule has 19 heavy (non-hydrogen) atoms. The number of likely N-dealkylation sites (N-methyl/N-ethyl adjacent to an activating group) is 1. The topological polar surface area (TPSA) is 41.5 Å². The first kappa shape index (κ1) is 14.6. The third-order valence-corrected chi connectivity index (χ3v) is 4.06. The van der Waals surface area contributed by atoms with Gasteiger partial charge in [0.05, 0.1) is 18.2 Å². The number of aliphatic hydroxyl groups excluding tert-OH is 1. The number of methoxy groups -OCH3 is 1. The highest BCUT2D eigenvalue weighted by Crippen LogP contribution is 2.39. The molecule has 3 nitrogen and oxygen atoms in total. The fraction of sp³-hybridized carbons (Fsp3) is 0.600. The Kier molecular flexibility index (Phi) is 5.08. The van der Waals surface area contributed by atoms with E-state index in [2.05, 4.69) is 5.32 Å². The predicted octanol–water partition coefficient (Wildman–Crippen LogP) is 2.87. The van der Waals surface area contributed by atoms with Gasteiger partial charge < -0.3 is 15.2 Å². The summed E-state index contributed by atoms with van der Waals surface area (Å²) >= 11 is 6.31. The summed E-state index contributed by atoms with van der Waals surface area (Å²) in [5, 5.41) is 14.0.